The van der Waals surface area contributed by atoms with Gasteiger partial charge < -0.3 is 5.11 Å². The van der Waals surface area contributed by atoms with Crippen molar-refractivity contribution in [1.82, 2.24) is 4.98 Å². The van der Waals surface area contributed by atoms with E-state index in [4.69, 9.17) is 5.11 Å². The van der Waals surface area contributed by atoms with Crippen LogP contribution in [0.3, 0.4) is 0 Å². The van der Waals surface area contributed by atoms with Crippen molar-refractivity contribution in [2.45, 2.75) is 32.6 Å². The number of pyridine rings is 1. The molecule has 0 spiro atoms. The van der Waals surface area contributed by atoms with Gasteiger partial charge in [-0.25, -0.2) is 0 Å². The van der Waals surface area contributed by atoms with Crippen molar-refractivity contribution in [2.75, 3.05) is 6.61 Å². The minimum atomic E-state index is 0.152. The van der Waals surface area contributed by atoms with E-state index in [2.05, 4.69) is 50.0 Å². The Morgan fingerprint density at radius 2 is 1.74 bits per heavy atom. The Bertz CT molecular complexity index is 538. The zero-order valence-electron chi connectivity index (χ0n) is 11.9. The fourth-order valence-corrected chi connectivity index (χ4v) is 2.15. The van der Waals surface area contributed by atoms with E-state index in [0.717, 1.165) is 16.8 Å². The summed E-state index contributed by atoms with van der Waals surface area (Å²) >= 11 is 0. The second-order valence-corrected chi connectivity index (χ2v) is 5.81. The number of aliphatic hydroxyl groups excluding tert-OH is 1. The standard InChI is InChI=1S/C17H21NO/c1-17(2,3)15-8-6-14(7-9-15)16-13(10-12-19)5-4-11-18-16/h4-9,11,19H,10,12H2,1-3H3. The lowest BCUT2D eigenvalue weighted by Gasteiger charge is -2.19. The van der Waals surface area contributed by atoms with E-state index < -0.39 is 0 Å². The average molecular weight is 255 g/mol. The molecule has 2 aromatic rings. The highest BCUT2D eigenvalue weighted by Gasteiger charge is 2.13. The van der Waals surface area contributed by atoms with Gasteiger partial charge in [-0.05, 0) is 29.0 Å². The molecular formula is C17H21NO. The Labute approximate surface area is 115 Å². The number of aliphatic hydroxyl groups is 1. The summed E-state index contributed by atoms with van der Waals surface area (Å²) in [6.45, 7) is 6.78. The number of hydrogen-bond acceptors (Lipinski definition) is 2. The fourth-order valence-electron chi connectivity index (χ4n) is 2.15. The molecule has 2 rings (SSSR count). The summed E-state index contributed by atoms with van der Waals surface area (Å²) in [6.07, 6.45) is 2.44. The Morgan fingerprint density at radius 1 is 1.05 bits per heavy atom. The predicted octanol–water partition coefficient (Wildman–Crippen LogP) is 3.58. The van der Waals surface area contributed by atoms with Gasteiger partial charge in [0, 0.05) is 18.4 Å². The molecule has 0 aliphatic rings. The van der Waals surface area contributed by atoms with Gasteiger partial charge in [0.15, 0.2) is 0 Å². The van der Waals surface area contributed by atoms with Crippen LogP contribution in [0.5, 0.6) is 0 Å². The quantitative estimate of drug-likeness (QED) is 0.909. The number of nitrogens with zero attached hydrogens (tertiary/aromatic N) is 1. The van der Waals surface area contributed by atoms with Crippen LogP contribution in [0.15, 0.2) is 42.6 Å². The molecule has 1 aromatic heterocycles. The smallest absolute Gasteiger partial charge is 0.0734 e. The summed E-state index contributed by atoms with van der Waals surface area (Å²) in [5, 5.41) is 9.11. The third-order valence-corrected chi connectivity index (χ3v) is 3.30. The van der Waals surface area contributed by atoms with Gasteiger partial charge in [0.1, 0.15) is 0 Å². The van der Waals surface area contributed by atoms with Crippen LogP contribution in [0, 0.1) is 0 Å². The molecule has 19 heavy (non-hydrogen) atoms. The van der Waals surface area contributed by atoms with E-state index in [1.165, 1.54) is 5.56 Å². The van der Waals surface area contributed by atoms with Crippen LogP contribution in [0.4, 0.5) is 0 Å². The summed E-state index contributed by atoms with van der Waals surface area (Å²) in [6, 6.07) is 12.5. The normalized spacial score (nSPS) is 11.6. The highest BCUT2D eigenvalue weighted by Crippen LogP contribution is 2.26. The highest BCUT2D eigenvalue weighted by molar-refractivity contribution is 5.63. The van der Waals surface area contributed by atoms with E-state index in [-0.39, 0.29) is 12.0 Å². The molecule has 2 heteroatoms. The number of benzene rings is 1. The van der Waals surface area contributed by atoms with Gasteiger partial charge in [-0.2, -0.15) is 0 Å². The van der Waals surface area contributed by atoms with E-state index in [9.17, 15) is 0 Å². The third-order valence-electron chi connectivity index (χ3n) is 3.30. The maximum atomic E-state index is 9.11. The van der Waals surface area contributed by atoms with Crippen LogP contribution in [-0.2, 0) is 11.8 Å². The third kappa shape index (κ3) is 3.21. The average Bonchev–Trinajstić information content (AvgIpc) is 2.39. The predicted molar refractivity (Wildman–Crippen MR) is 79.2 cm³/mol. The lowest BCUT2D eigenvalue weighted by Crippen LogP contribution is -2.10. The lowest BCUT2D eigenvalue weighted by molar-refractivity contribution is 0.299. The minimum absolute atomic E-state index is 0.152. The second-order valence-electron chi connectivity index (χ2n) is 5.81. The van der Waals surface area contributed by atoms with Gasteiger partial charge in [0.05, 0.1) is 5.69 Å². The van der Waals surface area contributed by atoms with Gasteiger partial charge in [-0.1, -0.05) is 51.1 Å². The van der Waals surface area contributed by atoms with Crippen molar-refractivity contribution >= 4 is 0 Å². The first-order valence-corrected chi connectivity index (χ1v) is 6.68. The van der Waals surface area contributed by atoms with Crippen LogP contribution in [-0.4, -0.2) is 16.7 Å². The van der Waals surface area contributed by atoms with Crippen molar-refractivity contribution in [1.29, 1.82) is 0 Å². The molecule has 0 bridgehead atoms. The van der Waals surface area contributed by atoms with E-state index >= 15 is 0 Å². The van der Waals surface area contributed by atoms with Crippen LogP contribution in [0.1, 0.15) is 31.9 Å². The molecule has 0 saturated heterocycles. The summed E-state index contributed by atoms with van der Waals surface area (Å²) in [5.74, 6) is 0. The Kier molecular flexibility index (Phi) is 4.01. The molecule has 0 aliphatic carbocycles. The Morgan fingerprint density at radius 3 is 2.32 bits per heavy atom. The lowest BCUT2D eigenvalue weighted by atomic mass is 9.86. The molecule has 1 N–H and O–H groups in total. The number of aromatic nitrogens is 1. The molecule has 0 unspecified atom stereocenters. The molecule has 0 atom stereocenters. The van der Waals surface area contributed by atoms with Crippen LogP contribution < -0.4 is 0 Å². The topological polar surface area (TPSA) is 33.1 Å². The maximum absolute atomic E-state index is 9.11. The van der Waals surface area contributed by atoms with Crippen molar-refractivity contribution < 1.29 is 5.11 Å². The van der Waals surface area contributed by atoms with E-state index in [1.807, 2.05) is 12.1 Å². The van der Waals surface area contributed by atoms with Gasteiger partial charge in [-0.15, -0.1) is 0 Å². The molecule has 0 fully saturated rings. The van der Waals surface area contributed by atoms with Crippen molar-refractivity contribution in [3.63, 3.8) is 0 Å². The van der Waals surface area contributed by atoms with E-state index in [0.29, 0.717) is 6.42 Å². The number of rotatable bonds is 3. The monoisotopic (exact) mass is 255 g/mol. The highest BCUT2D eigenvalue weighted by atomic mass is 16.2. The Hall–Kier alpha value is -1.67. The van der Waals surface area contributed by atoms with Gasteiger partial charge >= 0.3 is 0 Å². The van der Waals surface area contributed by atoms with Crippen LogP contribution >= 0.6 is 0 Å². The summed E-state index contributed by atoms with van der Waals surface area (Å²) in [4.78, 5) is 4.45. The fraction of sp³-hybridized carbons (Fsp3) is 0.353. The summed E-state index contributed by atoms with van der Waals surface area (Å²) in [7, 11) is 0. The zero-order valence-corrected chi connectivity index (χ0v) is 11.9. The Balaban J connectivity index is 2.37. The molecule has 0 amide bonds. The second kappa shape index (κ2) is 5.54. The molecule has 1 aromatic carbocycles. The molecular weight excluding hydrogens is 234 g/mol. The van der Waals surface area contributed by atoms with Crippen molar-refractivity contribution in [3.05, 3.63) is 53.7 Å². The molecule has 100 valence electrons. The van der Waals surface area contributed by atoms with Gasteiger partial charge in [0.2, 0.25) is 0 Å². The SMILES string of the molecule is CC(C)(C)c1ccc(-c2ncccc2CCO)cc1. The van der Waals surface area contributed by atoms with Gasteiger partial charge in [-0.3, -0.25) is 4.98 Å². The maximum Gasteiger partial charge on any atom is 0.0734 e. The van der Waals surface area contributed by atoms with E-state index in [1.54, 1.807) is 6.20 Å². The minimum Gasteiger partial charge on any atom is -0.396 e. The zero-order chi connectivity index (χ0) is 13.9. The van der Waals surface area contributed by atoms with Crippen molar-refractivity contribution in [3.8, 4) is 11.3 Å². The first-order valence-electron chi connectivity index (χ1n) is 6.68. The molecule has 1 heterocycles. The van der Waals surface area contributed by atoms with Crippen molar-refractivity contribution in [2.24, 2.45) is 0 Å². The van der Waals surface area contributed by atoms with Gasteiger partial charge in [0.25, 0.3) is 0 Å². The first-order chi connectivity index (χ1) is 9.02. The number of hydrogen-bond donors (Lipinski definition) is 1. The summed E-state index contributed by atoms with van der Waals surface area (Å²) < 4.78 is 0. The van der Waals surface area contributed by atoms with Crippen LogP contribution in [0.2, 0.25) is 0 Å². The molecule has 0 saturated carbocycles. The van der Waals surface area contributed by atoms with Crippen LogP contribution in [0.25, 0.3) is 11.3 Å². The molecule has 0 radical (unpaired) electrons. The first kappa shape index (κ1) is 13.8. The summed E-state index contributed by atoms with van der Waals surface area (Å²) in [5.41, 5.74) is 4.65. The molecule has 0 aliphatic heterocycles. The molecule has 2 nitrogen and oxygen atoms in total. The largest absolute Gasteiger partial charge is 0.396 e.